The number of nitrogens with zero attached hydrogens (tertiary/aromatic N) is 3. The number of phenols is 1. The minimum Gasteiger partial charge on any atom is -0.507 e. The molecule has 1 saturated heterocycles. The monoisotopic (exact) mass is 537 g/mol. The summed E-state index contributed by atoms with van der Waals surface area (Å²) in [5, 5.41) is 14.5. The molecule has 0 bridgehead atoms. The fourth-order valence-electron chi connectivity index (χ4n) is 4.93. The molecule has 0 aliphatic carbocycles. The first kappa shape index (κ1) is 26.3. The lowest BCUT2D eigenvalue weighted by molar-refractivity contribution is -0.134. The highest BCUT2D eigenvalue weighted by Gasteiger charge is 2.35. The zero-order valence-electron chi connectivity index (χ0n) is 22.4. The molecule has 1 aromatic heterocycles. The van der Waals surface area contributed by atoms with Crippen molar-refractivity contribution in [1.29, 1.82) is 0 Å². The first-order chi connectivity index (χ1) is 18.7. The SMILES string of the molecule is COc1ccc(-c2noc(C3CCN(C(=O)COc4cc(O)c5c(c4)OC(C)(C)CC5=O)CC3)n2)cc1OC. The molecule has 1 amide bonds. The Morgan fingerprint density at radius 2 is 1.87 bits per heavy atom. The summed E-state index contributed by atoms with van der Waals surface area (Å²) in [6.07, 6.45) is 1.51. The maximum atomic E-state index is 12.8. The van der Waals surface area contributed by atoms with Crippen LogP contribution in [0.15, 0.2) is 34.9 Å². The quantitative estimate of drug-likeness (QED) is 0.472. The number of likely N-dealkylation sites (tertiary alicyclic amines) is 1. The summed E-state index contributed by atoms with van der Waals surface area (Å²) in [4.78, 5) is 31.5. The van der Waals surface area contributed by atoms with E-state index in [0.29, 0.717) is 49.1 Å². The van der Waals surface area contributed by atoms with E-state index in [-0.39, 0.29) is 53.4 Å². The van der Waals surface area contributed by atoms with Crippen molar-refractivity contribution in [2.75, 3.05) is 33.9 Å². The summed E-state index contributed by atoms with van der Waals surface area (Å²) in [6.45, 7) is 4.43. The Balaban J connectivity index is 1.17. The number of methoxy groups -OCH3 is 2. The van der Waals surface area contributed by atoms with E-state index in [0.717, 1.165) is 5.56 Å². The van der Waals surface area contributed by atoms with Crippen LogP contribution in [0.5, 0.6) is 28.7 Å². The molecule has 0 unspecified atom stereocenters. The van der Waals surface area contributed by atoms with E-state index >= 15 is 0 Å². The number of hydrogen-bond acceptors (Lipinski definition) is 10. The molecule has 1 fully saturated rings. The Labute approximate surface area is 225 Å². The predicted molar refractivity (Wildman–Crippen MR) is 139 cm³/mol. The molecule has 206 valence electrons. The Bertz CT molecular complexity index is 1390. The molecule has 0 radical (unpaired) electrons. The number of ketones is 1. The summed E-state index contributed by atoms with van der Waals surface area (Å²) in [5.41, 5.74) is 0.208. The van der Waals surface area contributed by atoms with Crippen molar-refractivity contribution in [3.05, 3.63) is 41.8 Å². The molecular weight excluding hydrogens is 506 g/mol. The van der Waals surface area contributed by atoms with Gasteiger partial charge in [0, 0.05) is 36.7 Å². The largest absolute Gasteiger partial charge is 0.507 e. The second-order valence-electron chi connectivity index (χ2n) is 10.2. The number of carbonyl (C=O) groups is 2. The Morgan fingerprint density at radius 1 is 1.13 bits per heavy atom. The van der Waals surface area contributed by atoms with E-state index in [2.05, 4.69) is 10.1 Å². The van der Waals surface area contributed by atoms with Gasteiger partial charge in [0.15, 0.2) is 23.9 Å². The van der Waals surface area contributed by atoms with Crippen molar-refractivity contribution in [2.24, 2.45) is 0 Å². The zero-order chi connectivity index (χ0) is 27.7. The van der Waals surface area contributed by atoms with Crippen molar-refractivity contribution >= 4 is 11.7 Å². The lowest BCUT2D eigenvalue weighted by Gasteiger charge is -2.32. The zero-order valence-corrected chi connectivity index (χ0v) is 22.4. The van der Waals surface area contributed by atoms with Crippen molar-refractivity contribution in [3.8, 4) is 40.1 Å². The van der Waals surface area contributed by atoms with Crippen LogP contribution in [0.1, 0.15) is 55.3 Å². The molecule has 3 aromatic rings. The number of rotatable bonds is 7. The molecule has 39 heavy (non-hydrogen) atoms. The van der Waals surface area contributed by atoms with E-state index in [1.807, 2.05) is 6.07 Å². The van der Waals surface area contributed by atoms with Crippen LogP contribution in [0.4, 0.5) is 0 Å². The van der Waals surface area contributed by atoms with E-state index in [4.69, 9.17) is 23.5 Å². The number of aromatic hydroxyl groups is 1. The van der Waals surface area contributed by atoms with Crippen LogP contribution < -0.4 is 18.9 Å². The summed E-state index contributed by atoms with van der Waals surface area (Å²) in [7, 11) is 3.14. The van der Waals surface area contributed by atoms with Gasteiger partial charge >= 0.3 is 0 Å². The molecule has 0 saturated carbocycles. The van der Waals surface area contributed by atoms with Crippen molar-refractivity contribution < 1.29 is 38.2 Å². The van der Waals surface area contributed by atoms with Gasteiger partial charge in [-0.05, 0) is 44.9 Å². The van der Waals surface area contributed by atoms with Gasteiger partial charge in [0.1, 0.15) is 28.4 Å². The number of amides is 1. The molecular formula is C28H31N3O8. The molecule has 3 heterocycles. The number of phenolic OH excluding ortho intramolecular Hbond substituents is 1. The van der Waals surface area contributed by atoms with Gasteiger partial charge in [0.05, 0.1) is 20.6 Å². The molecule has 0 atom stereocenters. The minimum absolute atomic E-state index is 0.0343. The van der Waals surface area contributed by atoms with Gasteiger partial charge in [-0.25, -0.2) is 0 Å². The van der Waals surface area contributed by atoms with Gasteiger partial charge in [-0.1, -0.05) is 5.16 Å². The van der Waals surface area contributed by atoms with Gasteiger partial charge in [-0.2, -0.15) is 4.98 Å². The maximum Gasteiger partial charge on any atom is 0.260 e. The highest BCUT2D eigenvalue weighted by Crippen LogP contribution is 2.41. The third-order valence-electron chi connectivity index (χ3n) is 6.95. The summed E-state index contributed by atoms with van der Waals surface area (Å²) >= 11 is 0. The molecule has 2 aliphatic rings. The first-order valence-corrected chi connectivity index (χ1v) is 12.7. The van der Waals surface area contributed by atoms with Gasteiger partial charge in [-0.3, -0.25) is 9.59 Å². The van der Waals surface area contributed by atoms with Gasteiger partial charge in [0.25, 0.3) is 5.91 Å². The van der Waals surface area contributed by atoms with Crippen LogP contribution in [0, 0.1) is 0 Å². The fourth-order valence-corrected chi connectivity index (χ4v) is 4.93. The molecule has 1 N–H and O–H groups in total. The van der Waals surface area contributed by atoms with Crippen LogP contribution in [0.25, 0.3) is 11.4 Å². The number of ether oxygens (including phenoxy) is 4. The lowest BCUT2D eigenvalue weighted by atomic mass is 9.92. The summed E-state index contributed by atoms with van der Waals surface area (Å²) < 4.78 is 27.7. The second-order valence-corrected chi connectivity index (χ2v) is 10.2. The number of carbonyl (C=O) groups excluding carboxylic acids is 2. The van der Waals surface area contributed by atoms with Crippen molar-refractivity contribution in [3.63, 3.8) is 0 Å². The fraction of sp³-hybridized carbons (Fsp3) is 0.429. The lowest BCUT2D eigenvalue weighted by Crippen LogP contribution is -2.40. The van der Waals surface area contributed by atoms with Crippen molar-refractivity contribution in [2.45, 2.75) is 44.6 Å². The molecule has 11 nitrogen and oxygen atoms in total. The standard InChI is InChI=1S/C28H31N3O8/c1-28(2)14-20(33)25-19(32)12-18(13-23(25)38-28)37-15-24(34)31-9-7-16(8-10-31)27-29-26(30-39-27)17-5-6-21(35-3)22(11-17)36-4/h5-6,11-13,16,32H,7-10,14-15H2,1-4H3. The van der Waals surface area contributed by atoms with E-state index < -0.39 is 5.60 Å². The highest BCUT2D eigenvalue weighted by molar-refractivity contribution is 6.03. The van der Waals surface area contributed by atoms with Gasteiger partial charge in [-0.15, -0.1) is 0 Å². The number of fused-ring (bicyclic) bond motifs is 1. The second kappa shape index (κ2) is 10.5. The van der Waals surface area contributed by atoms with Gasteiger partial charge in [0.2, 0.25) is 11.7 Å². The normalized spacial score (nSPS) is 16.8. The Hall–Kier alpha value is -4.28. The number of hydrogen-bond donors (Lipinski definition) is 1. The van der Waals surface area contributed by atoms with Crippen LogP contribution in [0.2, 0.25) is 0 Å². The Kier molecular flexibility index (Phi) is 7.07. The minimum atomic E-state index is -0.685. The number of aromatic nitrogens is 2. The van der Waals surface area contributed by atoms with Crippen molar-refractivity contribution in [1.82, 2.24) is 15.0 Å². The van der Waals surface area contributed by atoms with E-state index in [1.165, 1.54) is 6.07 Å². The molecule has 0 spiro atoms. The smallest absolute Gasteiger partial charge is 0.260 e. The first-order valence-electron chi connectivity index (χ1n) is 12.7. The number of benzene rings is 2. The van der Waals surface area contributed by atoms with E-state index in [1.54, 1.807) is 51.2 Å². The predicted octanol–water partition coefficient (Wildman–Crippen LogP) is 3.99. The molecule has 11 heteroatoms. The average molecular weight is 538 g/mol. The van der Waals surface area contributed by atoms with Crippen LogP contribution in [0.3, 0.4) is 0 Å². The number of piperidine rings is 1. The average Bonchev–Trinajstić information content (AvgIpc) is 3.40. The third kappa shape index (κ3) is 5.47. The number of Topliss-reactive ketones (excluding diaryl/α,β-unsaturated/α-hetero) is 1. The van der Waals surface area contributed by atoms with Crippen LogP contribution >= 0.6 is 0 Å². The van der Waals surface area contributed by atoms with Gasteiger partial charge < -0.3 is 33.5 Å². The van der Waals surface area contributed by atoms with E-state index in [9.17, 15) is 14.7 Å². The topological polar surface area (TPSA) is 133 Å². The van der Waals surface area contributed by atoms with Crippen LogP contribution in [-0.4, -0.2) is 71.4 Å². The maximum absolute atomic E-state index is 12.8. The Morgan fingerprint density at radius 3 is 2.59 bits per heavy atom. The van der Waals surface area contributed by atoms with Crippen LogP contribution in [-0.2, 0) is 4.79 Å². The third-order valence-corrected chi connectivity index (χ3v) is 6.95. The molecule has 2 aromatic carbocycles. The summed E-state index contributed by atoms with van der Waals surface area (Å²) in [6, 6.07) is 8.30. The molecule has 5 rings (SSSR count). The highest BCUT2D eigenvalue weighted by atomic mass is 16.5. The summed E-state index contributed by atoms with van der Waals surface area (Å²) in [5.74, 6) is 2.13. The molecule has 2 aliphatic heterocycles.